The number of ether oxygens (including phenoxy) is 1. The highest BCUT2D eigenvalue weighted by Crippen LogP contribution is 2.27. The maximum Gasteiger partial charge on any atom is 0.338 e. The van der Waals surface area contributed by atoms with Crippen molar-refractivity contribution in [3.8, 4) is 0 Å². The van der Waals surface area contributed by atoms with Gasteiger partial charge < -0.3 is 4.74 Å². The molecule has 0 saturated carbocycles. The van der Waals surface area contributed by atoms with Gasteiger partial charge in [0.25, 0.3) is 0 Å². The molecule has 0 aromatic heterocycles. The van der Waals surface area contributed by atoms with Crippen molar-refractivity contribution in [2.24, 2.45) is 0 Å². The average Bonchev–Trinajstić information content (AvgIpc) is 2.50. The zero-order chi connectivity index (χ0) is 16.1. The van der Waals surface area contributed by atoms with Gasteiger partial charge in [-0.05, 0) is 24.6 Å². The molecule has 0 saturated heterocycles. The van der Waals surface area contributed by atoms with Gasteiger partial charge in [-0.2, -0.15) is 0 Å². The van der Waals surface area contributed by atoms with Crippen molar-refractivity contribution in [3.63, 3.8) is 0 Å². The molecule has 0 unspecified atom stereocenters. The largest absolute Gasteiger partial charge is 0.462 e. The molecule has 0 aliphatic carbocycles. The molecule has 0 radical (unpaired) electrons. The Balaban J connectivity index is 2.38. The van der Waals surface area contributed by atoms with Gasteiger partial charge in [-0.3, -0.25) is 4.79 Å². The number of halogens is 2. The van der Waals surface area contributed by atoms with E-state index in [0.717, 1.165) is 5.56 Å². The van der Waals surface area contributed by atoms with Gasteiger partial charge in [0.15, 0.2) is 5.78 Å². The van der Waals surface area contributed by atoms with E-state index in [4.69, 9.17) is 27.9 Å². The van der Waals surface area contributed by atoms with Crippen LogP contribution in [0.5, 0.6) is 0 Å². The number of hydrogen-bond acceptors (Lipinski definition) is 3. The van der Waals surface area contributed by atoms with Crippen LogP contribution in [-0.4, -0.2) is 18.4 Å². The maximum absolute atomic E-state index is 12.5. The summed E-state index contributed by atoms with van der Waals surface area (Å²) in [5.41, 5.74) is 1.21. The number of esters is 1. The summed E-state index contributed by atoms with van der Waals surface area (Å²) in [6.45, 7) is 1.91. The van der Waals surface area contributed by atoms with Crippen LogP contribution < -0.4 is 0 Å². The summed E-state index contributed by atoms with van der Waals surface area (Å²) in [5.74, 6) is -0.801. The molecule has 0 amide bonds. The van der Waals surface area contributed by atoms with Gasteiger partial charge in [0.05, 0.1) is 22.2 Å². The Morgan fingerprint density at radius 3 is 2.18 bits per heavy atom. The second-order valence-electron chi connectivity index (χ2n) is 4.62. The fraction of sp³-hybridized carbons (Fsp3) is 0.176. The molecule has 114 valence electrons. The molecule has 0 atom stereocenters. The van der Waals surface area contributed by atoms with Gasteiger partial charge in [-0.25, -0.2) is 4.79 Å². The minimum absolute atomic E-state index is 0.136. The highest BCUT2D eigenvalue weighted by Gasteiger charge is 2.20. The standard InChI is InChI=1S/C17H14Cl2O3/c1-2-22-17(21)13-10-15(19)14(18)9-12(13)16(20)8-11-6-4-3-5-7-11/h3-7,9-10H,2,8H2,1H3. The molecule has 3 nitrogen and oxygen atoms in total. The van der Waals surface area contributed by atoms with E-state index in [0.29, 0.717) is 0 Å². The average molecular weight is 337 g/mol. The minimum atomic E-state index is -0.586. The summed E-state index contributed by atoms with van der Waals surface area (Å²) in [6, 6.07) is 12.1. The van der Waals surface area contributed by atoms with Crippen LogP contribution >= 0.6 is 23.2 Å². The Morgan fingerprint density at radius 1 is 1.00 bits per heavy atom. The molecule has 0 N–H and O–H groups in total. The SMILES string of the molecule is CCOC(=O)c1cc(Cl)c(Cl)cc1C(=O)Cc1ccccc1. The van der Waals surface area contributed by atoms with Gasteiger partial charge in [-0.15, -0.1) is 0 Å². The van der Waals surface area contributed by atoms with Gasteiger partial charge >= 0.3 is 5.97 Å². The van der Waals surface area contributed by atoms with Crippen LogP contribution in [0.1, 0.15) is 33.2 Å². The van der Waals surface area contributed by atoms with Crippen LogP contribution in [0.25, 0.3) is 0 Å². The molecule has 2 rings (SSSR count). The van der Waals surface area contributed by atoms with Crippen molar-refractivity contribution >= 4 is 35.0 Å². The third-order valence-electron chi connectivity index (χ3n) is 3.06. The van der Waals surface area contributed by atoms with Gasteiger partial charge in [0.1, 0.15) is 0 Å². The first-order valence-corrected chi connectivity index (χ1v) is 7.51. The first-order chi connectivity index (χ1) is 10.5. The second-order valence-corrected chi connectivity index (χ2v) is 5.43. The molecule has 0 aliphatic heterocycles. The van der Waals surface area contributed by atoms with E-state index >= 15 is 0 Å². The number of ketones is 1. The van der Waals surface area contributed by atoms with Crippen LogP contribution in [-0.2, 0) is 11.2 Å². The van der Waals surface area contributed by atoms with Crippen molar-refractivity contribution < 1.29 is 14.3 Å². The van der Waals surface area contributed by atoms with Crippen molar-refractivity contribution in [1.29, 1.82) is 0 Å². The fourth-order valence-electron chi connectivity index (χ4n) is 2.03. The van der Waals surface area contributed by atoms with Gasteiger partial charge in [0.2, 0.25) is 0 Å². The third kappa shape index (κ3) is 3.87. The molecular weight excluding hydrogens is 323 g/mol. The summed E-state index contributed by atoms with van der Waals surface area (Å²) in [4.78, 5) is 24.5. The molecule has 22 heavy (non-hydrogen) atoms. The highest BCUT2D eigenvalue weighted by atomic mass is 35.5. The lowest BCUT2D eigenvalue weighted by atomic mass is 9.98. The first kappa shape index (κ1) is 16.5. The predicted octanol–water partition coefficient (Wildman–Crippen LogP) is 4.60. The number of carbonyl (C=O) groups excluding carboxylic acids is 2. The number of Topliss-reactive ketones (excluding diaryl/α,β-unsaturated/α-hetero) is 1. The molecule has 2 aromatic rings. The topological polar surface area (TPSA) is 43.4 Å². The van der Waals surface area contributed by atoms with Crippen LogP contribution in [0.2, 0.25) is 10.0 Å². The minimum Gasteiger partial charge on any atom is -0.462 e. The number of hydrogen-bond donors (Lipinski definition) is 0. The zero-order valence-electron chi connectivity index (χ0n) is 11.9. The molecule has 0 spiro atoms. The van der Waals surface area contributed by atoms with Crippen molar-refractivity contribution in [2.45, 2.75) is 13.3 Å². The summed E-state index contributed by atoms with van der Waals surface area (Å²) in [6.07, 6.45) is 0.172. The summed E-state index contributed by atoms with van der Waals surface area (Å²) in [7, 11) is 0. The van der Waals surface area contributed by atoms with Crippen LogP contribution in [0.4, 0.5) is 0 Å². The lowest BCUT2D eigenvalue weighted by Crippen LogP contribution is -2.13. The second kappa shape index (κ2) is 7.43. The summed E-state index contributed by atoms with van der Waals surface area (Å²) in [5, 5.41) is 0.437. The Morgan fingerprint density at radius 2 is 1.59 bits per heavy atom. The Labute approximate surface area is 138 Å². The van der Waals surface area contributed by atoms with E-state index in [1.807, 2.05) is 30.3 Å². The van der Waals surface area contributed by atoms with Crippen molar-refractivity contribution in [3.05, 3.63) is 69.2 Å². The monoisotopic (exact) mass is 336 g/mol. The van der Waals surface area contributed by atoms with Crippen molar-refractivity contribution in [2.75, 3.05) is 6.61 Å². The molecule has 0 aliphatic rings. The third-order valence-corrected chi connectivity index (χ3v) is 3.79. The van der Waals surface area contributed by atoms with Crippen LogP contribution in [0.3, 0.4) is 0 Å². The fourth-order valence-corrected chi connectivity index (χ4v) is 2.36. The highest BCUT2D eigenvalue weighted by molar-refractivity contribution is 6.42. The van der Waals surface area contributed by atoms with E-state index in [9.17, 15) is 9.59 Å². The Bertz CT molecular complexity index is 697. The van der Waals surface area contributed by atoms with E-state index < -0.39 is 5.97 Å². The Hall–Kier alpha value is -1.84. The number of benzene rings is 2. The normalized spacial score (nSPS) is 10.3. The van der Waals surface area contributed by atoms with Gasteiger partial charge in [0, 0.05) is 12.0 Å². The molecule has 0 heterocycles. The van der Waals surface area contributed by atoms with E-state index in [1.165, 1.54) is 12.1 Å². The lowest BCUT2D eigenvalue weighted by Gasteiger charge is -2.10. The summed E-state index contributed by atoms with van der Waals surface area (Å²) < 4.78 is 4.97. The molecule has 0 bridgehead atoms. The van der Waals surface area contributed by atoms with Gasteiger partial charge in [-0.1, -0.05) is 53.5 Å². The van der Waals surface area contributed by atoms with E-state index in [-0.39, 0.29) is 40.0 Å². The quantitative estimate of drug-likeness (QED) is 0.592. The first-order valence-electron chi connectivity index (χ1n) is 6.76. The zero-order valence-corrected chi connectivity index (χ0v) is 13.4. The van der Waals surface area contributed by atoms with Crippen LogP contribution in [0, 0.1) is 0 Å². The molecule has 2 aromatic carbocycles. The Kier molecular flexibility index (Phi) is 5.58. The molecular formula is C17H14Cl2O3. The number of carbonyl (C=O) groups is 2. The smallest absolute Gasteiger partial charge is 0.338 e. The van der Waals surface area contributed by atoms with Crippen molar-refractivity contribution in [1.82, 2.24) is 0 Å². The summed E-state index contributed by atoms with van der Waals surface area (Å²) >= 11 is 11.9. The lowest BCUT2D eigenvalue weighted by molar-refractivity contribution is 0.0523. The number of rotatable bonds is 5. The van der Waals surface area contributed by atoms with Crippen LogP contribution in [0.15, 0.2) is 42.5 Å². The van der Waals surface area contributed by atoms with E-state index in [2.05, 4.69) is 0 Å². The van der Waals surface area contributed by atoms with E-state index in [1.54, 1.807) is 6.92 Å². The predicted molar refractivity (Wildman–Crippen MR) is 86.9 cm³/mol. The molecule has 0 fully saturated rings. The molecule has 5 heteroatoms. The maximum atomic E-state index is 12.5.